The molecule has 1 N–H and O–H groups in total. The van der Waals surface area contributed by atoms with Gasteiger partial charge in [-0.1, -0.05) is 39.3 Å². The highest BCUT2D eigenvalue weighted by Gasteiger charge is 2.59. The number of ketones is 1. The quantitative estimate of drug-likeness (QED) is 0.682. The fourth-order valence-corrected chi connectivity index (χ4v) is 5.61. The van der Waals surface area contributed by atoms with Crippen LogP contribution in [0.3, 0.4) is 0 Å². The molecule has 4 atom stereocenters. The Morgan fingerprint density at radius 3 is 2.50 bits per heavy atom. The van der Waals surface area contributed by atoms with Gasteiger partial charge in [0.25, 0.3) is 0 Å². The number of carbonyl (C=O) groups excluding carboxylic acids is 1. The second-order valence-electron chi connectivity index (χ2n) is 8.28. The lowest BCUT2D eigenvalue weighted by Crippen LogP contribution is -2.56. The van der Waals surface area contributed by atoms with Crippen molar-refractivity contribution in [2.75, 3.05) is 0 Å². The average Bonchev–Trinajstić information content (AvgIpc) is 2.37. The third kappa shape index (κ3) is 1.63. The number of hydrogen-bond acceptors (Lipinski definition) is 2. The Balaban J connectivity index is 2.08. The zero-order valence-electron chi connectivity index (χ0n) is 13.3. The number of aliphatic hydroxyl groups excluding tert-OH is 1. The van der Waals surface area contributed by atoms with Gasteiger partial charge < -0.3 is 5.11 Å². The SMILES string of the molecule is CC1(C)C(=O)CCC2(C)C3=CCC[C@@H](O)C3(C)CCC12. The van der Waals surface area contributed by atoms with Crippen molar-refractivity contribution >= 4 is 5.78 Å². The zero-order chi connectivity index (χ0) is 14.8. The fourth-order valence-electron chi connectivity index (χ4n) is 5.61. The van der Waals surface area contributed by atoms with Crippen LogP contribution in [0.4, 0.5) is 0 Å². The normalized spacial score (nSPS) is 47.2. The van der Waals surface area contributed by atoms with E-state index >= 15 is 0 Å². The first-order valence-electron chi connectivity index (χ1n) is 8.15. The minimum absolute atomic E-state index is 0.0556. The predicted molar refractivity (Wildman–Crippen MR) is 80.3 cm³/mol. The van der Waals surface area contributed by atoms with E-state index in [1.807, 2.05) is 0 Å². The standard InChI is InChI=1S/C18H28O2/c1-16(2)12-8-10-18(4)13(6-5-7-15(18)20)17(12,3)11-9-14(16)19/h6,12,15,20H,5,7-11H2,1-4H3/t12?,15-,17?,18?/m1/s1. The van der Waals surface area contributed by atoms with Crippen molar-refractivity contribution in [2.45, 2.75) is 72.3 Å². The largest absolute Gasteiger partial charge is 0.392 e. The van der Waals surface area contributed by atoms with E-state index in [9.17, 15) is 9.90 Å². The molecular weight excluding hydrogens is 248 g/mol. The van der Waals surface area contributed by atoms with E-state index in [0.717, 1.165) is 32.1 Å². The van der Waals surface area contributed by atoms with Gasteiger partial charge in [0.15, 0.2) is 0 Å². The number of hydrogen-bond donors (Lipinski definition) is 1. The molecule has 2 saturated carbocycles. The van der Waals surface area contributed by atoms with Crippen LogP contribution in [0.1, 0.15) is 66.2 Å². The van der Waals surface area contributed by atoms with Gasteiger partial charge in [-0.3, -0.25) is 4.79 Å². The van der Waals surface area contributed by atoms with Gasteiger partial charge in [0.05, 0.1) is 6.10 Å². The summed E-state index contributed by atoms with van der Waals surface area (Å²) in [6.45, 7) is 8.88. The number of Topliss-reactive ketones (excluding diaryl/α,β-unsaturated/α-hetero) is 1. The molecule has 0 heterocycles. The minimum Gasteiger partial charge on any atom is -0.392 e. The highest BCUT2D eigenvalue weighted by molar-refractivity contribution is 5.85. The maximum atomic E-state index is 12.3. The van der Waals surface area contributed by atoms with Gasteiger partial charge in [0, 0.05) is 17.3 Å². The molecule has 0 aromatic rings. The third-order valence-electron chi connectivity index (χ3n) is 6.94. The molecule has 0 aromatic carbocycles. The molecule has 2 heteroatoms. The van der Waals surface area contributed by atoms with Gasteiger partial charge in [-0.25, -0.2) is 0 Å². The summed E-state index contributed by atoms with van der Waals surface area (Å²) < 4.78 is 0. The van der Waals surface area contributed by atoms with Crippen LogP contribution in [0, 0.1) is 22.2 Å². The zero-order valence-corrected chi connectivity index (χ0v) is 13.3. The van der Waals surface area contributed by atoms with Crippen molar-refractivity contribution in [3.8, 4) is 0 Å². The lowest BCUT2D eigenvalue weighted by Gasteiger charge is -2.60. The molecule has 3 rings (SSSR count). The van der Waals surface area contributed by atoms with E-state index in [4.69, 9.17) is 0 Å². The second-order valence-corrected chi connectivity index (χ2v) is 8.28. The summed E-state index contributed by atoms with van der Waals surface area (Å²) in [7, 11) is 0. The second kappa shape index (κ2) is 4.19. The smallest absolute Gasteiger partial charge is 0.138 e. The van der Waals surface area contributed by atoms with E-state index in [1.54, 1.807) is 0 Å². The van der Waals surface area contributed by atoms with Gasteiger partial charge in [-0.05, 0) is 43.4 Å². The molecule has 3 aliphatic carbocycles. The van der Waals surface area contributed by atoms with E-state index in [-0.39, 0.29) is 22.3 Å². The Bertz CT molecular complexity index is 476. The first-order chi connectivity index (χ1) is 9.23. The van der Waals surface area contributed by atoms with Gasteiger partial charge in [-0.2, -0.15) is 0 Å². The van der Waals surface area contributed by atoms with E-state index in [2.05, 4.69) is 33.8 Å². The van der Waals surface area contributed by atoms with Crippen molar-refractivity contribution in [2.24, 2.45) is 22.2 Å². The maximum Gasteiger partial charge on any atom is 0.138 e. The number of aliphatic hydroxyl groups is 1. The van der Waals surface area contributed by atoms with Crippen molar-refractivity contribution in [1.82, 2.24) is 0 Å². The van der Waals surface area contributed by atoms with Gasteiger partial charge in [0.2, 0.25) is 0 Å². The van der Waals surface area contributed by atoms with Crippen molar-refractivity contribution in [3.63, 3.8) is 0 Å². The molecule has 0 saturated heterocycles. The van der Waals surface area contributed by atoms with Gasteiger partial charge in [0.1, 0.15) is 5.78 Å². The third-order valence-corrected chi connectivity index (χ3v) is 6.94. The van der Waals surface area contributed by atoms with Crippen LogP contribution >= 0.6 is 0 Å². The Morgan fingerprint density at radius 2 is 1.80 bits per heavy atom. The van der Waals surface area contributed by atoms with E-state index < -0.39 is 0 Å². The summed E-state index contributed by atoms with van der Waals surface area (Å²) in [6, 6.07) is 0. The van der Waals surface area contributed by atoms with E-state index in [0.29, 0.717) is 18.1 Å². The van der Waals surface area contributed by atoms with Crippen molar-refractivity contribution in [1.29, 1.82) is 0 Å². The van der Waals surface area contributed by atoms with Crippen LogP contribution in [0.2, 0.25) is 0 Å². The highest BCUT2D eigenvalue weighted by Crippen LogP contribution is 2.65. The number of allylic oxidation sites excluding steroid dienone is 1. The summed E-state index contributed by atoms with van der Waals surface area (Å²) >= 11 is 0. The molecule has 3 aliphatic rings. The summed E-state index contributed by atoms with van der Waals surface area (Å²) in [5.74, 6) is 0.862. The van der Waals surface area contributed by atoms with Crippen LogP contribution in [0.25, 0.3) is 0 Å². The van der Waals surface area contributed by atoms with Gasteiger partial charge >= 0.3 is 0 Å². The van der Waals surface area contributed by atoms with Crippen LogP contribution in [0.5, 0.6) is 0 Å². The van der Waals surface area contributed by atoms with Crippen LogP contribution in [-0.2, 0) is 4.79 Å². The molecule has 0 radical (unpaired) electrons. The van der Waals surface area contributed by atoms with Crippen molar-refractivity contribution < 1.29 is 9.90 Å². The van der Waals surface area contributed by atoms with Crippen molar-refractivity contribution in [3.05, 3.63) is 11.6 Å². The predicted octanol–water partition coefficient (Wildman–Crippen LogP) is 3.88. The first-order valence-corrected chi connectivity index (χ1v) is 8.15. The summed E-state index contributed by atoms with van der Waals surface area (Å²) in [4.78, 5) is 12.3. The van der Waals surface area contributed by atoms with Crippen LogP contribution < -0.4 is 0 Å². The average molecular weight is 276 g/mol. The molecule has 20 heavy (non-hydrogen) atoms. The molecule has 0 bridgehead atoms. The molecular formula is C18H28O2. The summed E-state index contributed by atoms with van der Waals surface area (Å²) in [6.07, 6.45) is 7.83. The highest BCUT2D eigenvalue weighted by atomic mass is 16.3. The first kappa shape index (κ1) is 14.3. The molecule has 0 amide bonds. The number of fused-ring (bicyclic) bond motifs is 3. The summed E-state index contributed by atoms with van der Waals surface area (Å²) in [5.41, 5.74) is 1.30. The number of rotatable bonds is 0. The Hall–Kier alpha value is -0.630. The lowest BCUT2D eigenvalue weighted by atomic mass is 9.43. The Kier molecular flexibility index (Phi) is 3.00. The molecule has 112 valence electrons. The summed E-state index contributed by atoms with van der Waals surface area (Å²) in [5, 5.41) is 10.5. The molecule has 0 spiro atoms. The van der Waals surface area contributed by atoms with Crippen LogP contribution in [0.15, 0.2) is 11.6 Å². The Morgan fingerprint density at radius 1 is 1.10 bits per heavy atom. The maximum absolute atomic E-state index is 12.3. The molecule has 0 aliphatic heterocycles. The lowest BCUT2D eigenvalue weighted by molar-refractivity contribution is -0.143. The molecule has 2 fully saturated rings. The topological polar surface area (TPSA) is 37.3 Å². The minimum atomic E-state index is -0.211. The molecule has 3 unspecified atom stereocenters. The van der Waals surface area contributed by atoms with E-state index in [1.165, 1.54) is 5.57 Å². The molecule has 2 nitrogen and oxygen atoms in total. The van der Waals surface area contributed by atoms with Gasteiger partial charge in [-0.15, -0.1) is 0 Å². The monoisotopic (exact) mass is 276 g/mol. The molecule has 0 aromatic heterocycles. The Labute approximate surface area is 122 Å². The van der Waals surface area contributed by atoms with Crippen LogP contribution in [-0.4, -0.2) is 17.0 Å². The fraction of sp³-hybridized carbons (Fsp3) is 0.833. The number of carbonyl (C=O) groups is 1.